The Morgan fingerprint density at radius 3 is 2.35 bits per heavy atom. The Labute approximate surface area is 95.9 Å². The van der Waals surface area contributed by atoms with Crippen LogP contribution in [0.1, 0.15) is 11.6 Å². The SMILES string of the molecule is Cn1cc(C(C(=O)O)N2C(=O)C=CC2=O)cn1. The van der Waals surface area contributed by atoms with Crippen molar-refractivity contribution >= 4 is 17.8 Å². The van der Waals surface area contributed by atoms with E-state index >= 15 is 0 Å². The molecule has 0 saturated heterocycles. The summed E-state index contributed by atoms with van der Waals surface area (Å²) in [5, 5.41) is 12.9. The van der Waals surface area contributed by atoms with Crippen LogP contribution in [0.25, 0.3) is 0 Å². The van der Waals surface area contributed by atoms with Gasteiger partial charge in [-0.3, -0.25) is 19.2 Å². The number of aliphatic carboxylic acids is 1. The lowest BCUT2D eigenvalue weighted by Gasteiger charge is -2.21. The lowest BCUT2D eigenvalue weighted by Crippen LogP contribution is -2.38. The van der Waals surface area contributed by atoms with Gasteiger partial charge in [-0.25, -0.2) is 4.79 Å². The predicted molar refractivity (Wildman–Crippen MR) is 54.6 cm³/mol. The molecular formula is C10H9N3O4. The predicted octanol–water partition coefficient (Wildman–Crippen LogP) is -0.529. The molecule has 1 aromatic heterocycles. The van der Waals surface area contributed by atoms with E-state index in [0.29, 0.717) is 4.90 Å². The van der Waals surface area contributed by atoms with Crippen molar-refractivity contribution in [2.24, 2.45) is 7.05 Å². The number of aryl methyl sites for hydroxylation is 1. The second-order valence-electron chi connectivity index (χ2n) is 3.57. The average molecular weight is 235 g/mol. The molecule has 7 heteroatoms. The third-order valence-electron chi connectivity index (χ3n) is 2.38. The van der Waals surface area contributed by atoms with Crippen molar-refractivity contribution in [3.8, 4) is 0 Å². The average Bonchev–Trinajstić information content (AvgIpc) is 2.79. The van der Waals surface area contributed by atoms with Crippen LogP contribution in [0.2, 0.25) is 0 Å². The Morgan fingerprint density at radius 1 is 1.35 bits per heavy atom. The van der Waals surface area contributed by atoms with E-state index in [9.17, 15) is 14.4 Å². The Bertz CT molecular complexity index is 513. The maximum Gasteiger partial charge on any atom is 0.331 e. The minimum atomic E-state index is -1.33. The fourth-order valence-corrected chi connectivity index (χ4v) is 1.65. The zero-order chi connectivity index (χ0) is 12.6. The molecular weight excluding hydrogens is 226 g/mol. The second-order valence-corrected chi connectivity index (χ2v) is 3.57. The van der Waals surface area contributed by atoms with Gasteiger partial charge in [0.1, 0.15) is 0 Å². The number of carbonyl (C=O) groups excluding carboxylic acids is 2. The monoisotopic (exact) mass is 235 g/mol. The van der Waals surface area contributed by atoms with Gasteiger partial charge < -0.3 is 5.11 Å². The first kappa shape index (κ1) is 11.1. The van der Waals surface area contributed by atoms with Gasteiger partial charge in [0.15, 0.2) is 6.04 Å². The zero-order valence-corrected chi connectivity index (χ0v) is 8.90. The molecule has 0 spiro atoms. The van der Waals surface area contributed by atoms with Gasteiger partial charge in [-0.15, -0.1) is 0 Å². The number of hydrogen-bond donors (Lipinski definition) is 1. The second kappa shape index (κ2) is 3.85. The Balaban J connectivity index is 2.40. The summed E-state index contributed by atoms with van der Waals surface area (Å²) < 4.78 is 1.41. The van der Waals surface area contributed by atoms with E-state index in [1.54, 1.807) is 7.05 Å². The summed E-state index contributed by atoms with van der Waals surface area (Å²) in [5.41, 5.74) is 0.283. The highest BCUT2D eigenvalue weighted by Gasteiger charge is 2.37. The summed E-state index contributed by atoms with van der Waals surface area (Å²) in [4.78, 5) is 34.7. The summed E-state index contributed by atoms with van der Waals surface area (Å²) in [6.07, 6.45) is 4.87. The van der Waals surface area contributed by atoms with Gasteiger partial charge in [0, 0.05) is 31.0 Å². The van der Waals surface area contributed by atoms with E-state index in [4.69, 9.17) is 5.11 Å². The Hall–Kier alpha value is -2.44. The highest BCUT2D eigenvalue weighted by molar-refractivity contribution is 6.14. The maximum atomic E-state index is 11.4. The van der Waals surface area contributed by atoms with E-state index in [1.165, 1.54) is 17.1 Å². The number of rotatable bonds is 3. The molecule has 0 aliphatic carbocycles. The normalized spacial score (nSPS) is 16.6. The molecule has 1 atom stereocenters. The number of amides is 2. The van der Waals surface area contributed by atoms with Crippen molar-refractivity contribution in [3.63, 3.8) is 0 Å². The number of imide groups is 1. The van der Waals surface area contributed by atoms with Crippen LogP contribution in [-0.2, 0) is 21.4 Å². The lowest BCUT2D eigenvalue weighted by molar-refractivity contribution is -0.153. The fraction of sp³-hybridized carbons (Fsp3) is 0.200. The van der Waals surface area contributed by atoms with Crippen molar-refractivity contribution in [3.05, 3.63) is 30.1 Å². The van der Waals surface area contributed by atoms with Crippen LogP contribution in [0.15, 0.2) is 24.5 Å². The molecule has 7 nitrogen and oxygen atoms in total. The number of carboxylic acid groups (broad SMARTS) is 1. The number of carboxylic acids is 1. The first-order valence-corrected chi connectivity index (χ1v) is 4.77. The molecule has 17 heavy (non-hydrogen) atoms. The van der Waals surface area contributed by atoms with Crippen molar-refractivity contribution in [2.75, 3.05) is 0 Å². The summed E-state index contributed by atoms with van der Waals surface area (Å²) >= 11 is 0. The van der Waals surface area contributed by atoms with Gasteiger partial charge in [-0.2, -0.15) is 5.10 Å². The number of hydrogen-bond acceptors (Lipinski definition) is 4. The topological polar surface area (TPSA) is 92.5 Å². The molecule has 2 heterocycles. The van der Waals surface area contributed by atoms with Gasteiger partial charge >= 0.3 is 5.97 Å². The molecule has 1 N–H and O–H groups in total. The molecule has 0 radical (unpaired) electrons. The molecule has 0 fully saturated rings. The van der Waals surface area contributed by atoms with E-state index in [2.05, 4.69) is 5.10 Å². The van der Waals surface area contributed by atoms with Crippen LogP contribution in [-0.4, -0.2) is 37.6 Å². The minimum Gasteiger partial charge on any atom is -0.479 e. The van der Waals surface area contributed by atoms with Crippen LogP contribution in [0.5, 0.6) is 0 Å². The first-order chi connectivity index (χ1) is 8.00. The molecule has 1 aromatic rings. The van der Waals surface area contributed by atoms with E-state index in [1.807, 2.05) is 0 Å². The van der Waals surface area contributed by atoms with Crippen LogP contribution in [0.4, 0.5) is 0 Å². The Morgan fingerprint density at radius 2 is 1.94 bits per heavy atom. The summed E-state index contributed by atoms with van der Waals surface area (Å²) in [5.74, 6) is -2.54. The molecule has 88 valence electrons. The van der Waals surface area contributed by atoms with Crippen molar-refractivity contribution < 1.29 is 19.5 Å². The summed E-state index contributed by atoms with van der Waals surface area (Å²) in [6, 6.07) is -1.33. The molecule has 2 rings (SSSR count). The van der Waals surface area contributed by atoms with Gasteiger partial charge in [-0.05, 0) is 0 Å². The molecule has 2 amide bonds. The van der Waals surface area contributed by atoms with Crippen molar-refractivity contribution in [1.29, 1.82) is 0 Å². The Kier molecular flexibility index (Phi) is 2.51. The van der Waals surface area contributed by atoms with Crippen LogP contribution in [0.3, 0.4) is 0 Å². The number of nitrogens with zero attached hydrogens (tertiary/aromatic N) is 3. The summed E-state index contributed by atoms with van der Waals surface area (Å²) in [6.45, 7) is 0. The van der Waals surface area contributed by atoms with Gasteiger partial charge in [0.2, 0.25) is 0 Å². The van der Waals surface area contributed by atoms with Gasteiger partial charge in [-0.1, -0.05) is 0 Å². The van der Waals surface area contributed by atoms with E-state index < -0.39 is 23.8 Å². The van der Waals surface area contributed by atoms with Crippen molar-refractivity contribution in [1.82, 2.24) is 14.7 Å². The molecule has 1 aliphatic rings. The molecule has 1 unspecified atom stereocenters. The highest BCUT2D eigenvalue weighted by atomic mass is 16.4. The van der Waals surface area contributed by atoms with Gasteiger partial charge in [0.05, 0.1) is 6.20 Å². The highest BCUT2D eigenvalue weighted by Crippen LogP contribution is 2.23. The van der Waals surface area contributed by atoms with Crippen LogP contribution >= 0.6 is 0 Å². The maximum absolute atomic E-state index is 11.4. The fourth-order valence-electron chi connectivity index (χ4n) is 1.65. The van der Waals surface area contributed by atoms with Crippen molar-refractivity contribution in [2.45, 2.75) is 6.04 Å². The minimum absolute atomic E-state index is 0.283. The smallest absolute Gasteiger partial charge is 0.331 e. The number of carbonyl (C=O) groups is 3. The first-order valence-electron chi connectivity index (χ1n) is 4.77. The third kappa shape index (κ3) is 1.82. The van der Waals surface area contributed by atoms with Crippen LogP contribution in [0, 0.1) is 0 Å². The largest absolute Gasteiger partial charge is 0.479 e. The summed E-state index contributed by atoms with van der Waals surface area (Å²) in [7, 11) is 1.62. The zero-order valence-electron chi connectivity index (χ0n) is 8.90. The molecule has 0 saturated carbocycles. The van der Waals surface area contributed by atoms with E-state index in [0.717, 1.165) is 12.2 Å². The molecule has 1 aliphatic heterocycles. The lowest BCUT2D eigenvalue weighted by atomic mass is 10.1. The van der Waals surface area contributed by atoms with Crippen LogP contribution < -0.4 is 0 Å². The standard InChI is InChI=1S/C10H9N3O4/c1-12-5-6(4-11-12)9(10(16)17)13-7(14)2-3-8(13)15/h2-5,9H,1H3,(H,16,17). The molecule has 0 bridgehead atoms. The number of aromatic nitrogens is 2. The third-order valence-corrected chi connectivity index (χ3v) is 2.38. The quantitative estimate of drug-likeness (QED) is 0.711. The molecule has 0 aromatic carbocycles. The van der Waals surface area contributed by atoms with E-state index in [-0.39, 0.29) is 5.56 Å². The van der Waals surface area contributed by atoms with Gasteiger partial charge in [0.25, 0.3) is 11.8 Å².